The second kappa shape index (κ2) is 8.90. The van der Waals surface area contributed by atoms with Crippen LogP contribution in [0, 0.1) is 0 Å². The number of carbonyl (C=O) groups is 1. The fourth-order valence-corrected chi connectivity index (χ4v) is 3.91. The van der Waals surface area contributed by atoms with Crippen LogP contribution in [-0.2, 0) is 0 Å². The molecular weight excluding hydrogens is 438 g/mol. The number of para-hydroxylation sites is 2. The summed E-state index contributed by atoms with van der Waals surface area (Å²) in [7, 11) is 0. The van der Waals surface area contributed by atoms with Crippen molar-refractivity contribution in [2.45, 2.75) is 18.8 Å². The van der Waals surface area contributed by atoms with Crippen LogP contribution in [-0.4, -0.2) is 26.1 Å². The van der Waals surface area contributed by atoms with Crippen LogP contribution in [0.25, 0.3) is 10.9 Å². The molecule has 2 heterocycles. The molecule has 5 aromatic rings. The lowest BCUT2D eigenvalue weighted by molar-refractivity contribution is 0.102. The van der Waals surface area contributed by atoms with Gasteiger partial charge in [-0.05, 0) is 61.4 Å². The maximum Gasteiger partial charge on any atom is 0.255 e. The third-order valence-electron chi connectivity index (χ3n) is 5.90. The number of amides is 1. The van der Waals surface area contributed by atoms with E-state index in [1.807, 2.05) is 72.8 Å². The van der Waals surface area contributed by atoms with Gasteiger partial charge in [0, 0.05) is 40.0 Å². The average Bonchev–Trinajstić information content (AvgIpc) is 3.64. The molecule has 1 saturated carbocycles. The number of carbonyl (C=O) groups excluding carboxylic acids is 1. The van der Waals surface area contributed by atoms with Gasteiger partial charge in [0.25, 0.3) is 5.91 Å². The fraction of sp³-hybridized carbons (Fsp3) is 0.111. The van der Waals surface area contributed by atoms with Crippen LogP contribution in [0.3, 0.4) is 0 Å². The minimum Gasteiger partial charge on any atom is -0.324 e. The van der Waals surface area contributed by atoms with Crippen LogP contribution in [0.2, 0.25) is 0 Å². The van der Waals surface area contributed by atoms with E-state index in [4.69, 9.17) is 4.98 Å². The Labute approximate surface area is 201 Å². The van der Waals surface area contributed by atoms with Crippen molar-refractivity contribution in [2.75, 3.05) is 16.0 Å². The van der Waals surface area contributed by atoms with Gasteiger partial charge < -0.3 is 16.0 Å². The lowest BCUT2D eigenvalue weighted by atomic mass is 10.2. The number of nitrogens with one attached hydrogen (secondary N) is 4. The molecule has 1 fully saturated rings. The van der Waals surface area contributed by atoms with Gasteiger partial charge in [-0.25, -0.2) is 4.98 Å². The Balaban J connectivity index is 1.22. The Morgan fingerprint density at radius 1 is 0.829 bits per heavy atom. The predicted octanol–water partition coefficient (Wildman–Crippen LogP) is 5.97. The van der Waals surface area contributed by atoms with E-state index < -0.39 is 0 Å². The van der Waals surface area contributed by atoms with Crippen molar-refractivity contribution in [1.82, 2.24) is 20.2 Å². The van der Waals surface area contributed by atoms with Crippen molar-refractivity contribution in [3.63, 3.8) is 0 Å². The molecule has 0 saturated heterocycles. The molecule has 0 aliphatic heterocycles. The monoisotopic (exact) mass is 461 g/mol. The van der Waals surface area contributed by atoms with Crippen LogP contribution in [0.4, 0.5) is 29.0 Å². The summed E-state index contributed by atoms with van der Waals surface area (Å²) >= 11 is 0. The molecule has 0 spiro atoms. The van der Waals surface area contributed by atoms with Crippen molar-refractivity contribution in [3.05, 3.63) is 96.2 Å². The van der Waals surface area contributed by atoms with Crippen LogP contribution in [0.1, 0.15) is 34.8 Å². The maximum absolute atomic E-state index is 12.5. The molecule has 8 heteroatoms. The van der Waals surface area contributed by atoms with Crippen molar-refractivity contribution < 1.29 is 4.79 Å². The third-order valence-corrected chi connectivity index (χ3v) is 5.90. The first kappa shape index (κ1) is 20.9. The van der Waals surface area contributed by atoms with Gasteiger partial charge in [-0.3, -0.25) is 9.89 Å². The lowest BCUT2D eigenvalue weighted by Crippen LogP contribution is -2.11. The summed E-state index contributed by atoms with van der Waals surface area (Å²) in [5, 5.41) is 17.9. The Morgan fingerprint density at radius 2 is 1.60 bits per heavy atom. The van der Waals surface area contributed by atoms with E-state index in [1.165, 1.54) is 12.8 Å². The van der Waals surface area contributed by atoms with E-state index in [9.17, 15) is 4.79 Å². The minimum absolute atomic E-state index is 0.166. The summed E-state index contributed by atoms with van der Waals surface area (Å²) < 4.78 is 0. The Bertz CT molecular complexity index is 1490. The van der Waals surface area contributed by atoms with Crippen molar-refractivity contribution in [2.24, 2.45) is 0 Å². The summed E-state index contributed by atoms with van der Waals surface area (Å²) in [5.74, 6) is 2.28. The molecule has 4 N–H and O–H groups in total. The first-order chi connectivity index (χ1) is 17.2. The third kappa shape index (κ3) is 4.67. The summed E-state index contributed by atoms with van der Waals surface area (Å²) in [6.45, 7) is 0. The zero-order chi connectivity index (χ0) is 23.6. The Morgan fingerprint density at radius 3 is 2.40 bits per heavy atom. The second-order valence-corrected chi connectivity index (χ2v) is 8.54. The molecule has 0 atom stereocenters. The molecule has 172 valence electrons. The van der Waals surface area contributed by atoms with Gasteiger partial charge in [-0.15, -0.1) is 0 Å². The van der Waals surface area contributed by atoms with Crippen LogP contribution in [0.5, 0.6) is 0 Å². The van der Waals surface area contributed by atoms with Crippen LogP contribution >= 0.6 is 0 Å². The van der Waals surface area contributed by atoms with E-state index >= 15 is 0 Å². The number of nitrogens with zero attached hydrogens (tertiary/aromatic N) is 3. The normalized spacial score (nSPS) is 12.9. The molecule has 8 nitrogen and oxygen atoms in total. The number of fused-ring (bicyclic) bond motifs is 1. The highest BCUT2D eigenvalue weighted by molar-refractivity contribution is 6.04. The van der Waals surface area contributed by atoms with E-state index in [0.717, 1.165) is 33.8 Å². The molecule has 3 aromatic carbocycles. The highest BCUT2D eigenvalue weighted by atomic mass is 16.1. The number of anilines is 5. The highest BCUT2D eigenvalue weighted by Gasteiger charge is 2.25. The average molecular weight is 462 g/mol. The van der Waals surface area contributed by atoms with Gasteiger partial charge in [-0.2, -0.15) is 10.1 Å². The molecule has 6 rings (SSSR count). The minimum atomic E-state index is -0.166. The molecule has 35 heavy (non-hydrogen) atoms. The number of hydrogen-bond donors (Lipinski definition) is 4. The number of H-pyrrole nitrogens is 1. The summed E-state index contributed by atoms with van der Waals surface area (Å²) in [4.78, 5) is 21.9. The molecule has 1 amide bonds. The van der Waals surface area contributed by atoms with Crippen LogP contribution < -0.4 is 16.0 Å². The molecule has 0 unspecified atom stereocenters. The number of hydrogen-bond acceptors (Lipinski definition) is 6. The van der Waals surface area contributed by atoms with E-state index in [-0.39, 0.29) is 5.91 Å². The fourth-order valence-electron chi connectivity index (χ4n) is 3.91. The smallest absolute Gasteiger partial charge is 0.255 e. The molecule has 2 aromatic heterocycles. The zero-order valence-corrected chi connectivity index (χ0v) is 18.8. The lowest BCUT2D eigenvalue weighted by Gasteiger charge is -2.11. The van der Waals surface area contributed by atoms with Crippen molar-refractivity contribution in [3.8, 4) is 0 Å². The maximum atomic E-state index is 12.5. The molecular formula is C27H23N7O. The van der Waals surface area contributed by atoms with Gasteiger partial charge in [-0.1, -0.05) is 30.3 Å². The van der Waals surface area contributed by atoms with Crippen LogP contribution in [0.15, 0.2) is 84.9 Å². The summed E-state index contributed by atoms with van der Waals surface area (Å²) in [5.41, 5.74) is 4.06. The first-order valence-electron chi connectivity index (χ1n) is 11.5. The summed E-state index contributed by atoms with van der Waals surface area (Å²) in [6.07, 6.45) is 2.41. The van der Waals surface area contributed by atoms with Gasteiger partial charge >= 0.3 is 0 Å². The van der Waals surface area contributed by atoms with Gasteiger partial charge in [0.05, 0.1) is 5.52 Å². The second-order valence-electron chi connectivity index (χ2n) is 8.54. The van der Waals surface area contributed by atoms with E-state index in [0.29, 0.717) is 23.2 Å². The van der Waals surface area contributed by atoms with Crippen molar-refractivity contribution >= 4 is 45.8 Å². The first-order valence-corrected chi connectivity index (χ1v) is 11.5. The molecule has 1 aliphatic rings. The standard InChI is InChI=1S/C27H23N7O/c35-26(28-19-6-2-1-3-7-19)18-12-14-20(15-13-18)29-27-30-22-9-5-4-8-21(22)25(32-27)31-24-16-23(33-34-24)17-10-11-17/h1-9,12-17H,10-11H2,(H,28,35)(H3,29,30,31,32,33,34). The molecule has 1 aliphatic carbocycles. The quantitative estimate of drug-likeness (QED) is 0.238. The van der Waals surface area contributed by atoms with Gasteiger partial charge in [0.2, 0.25) is 5.95 Å². The zero-order valence-electron chi connectivity index (χ0n) is 18.8. The largest absolute Gasteiger partial charge is 0.324 e. The Hall–Kier alpha value is -4.72. The topological polar surface area (TPSA) is 108 Å². The highest BCUT2D eigenvalue weighted by Crippen LogP contribution is 2.39. The SMILES string of the molecule is O=C(Nc1ccccc1)c1ccc(Nc2nc(Nc3cc(C4CC4)[nH]n3)c3ccccc3n2)cc1. The predicted molar refractivity (Wildman–Crippen MR) is 138 cm³/mol. The van der Waals surface area contributed by atoms with E-state index in [2.05, 4.69) is 31.1 Å². The summed E-state index contributed by atoms with van der Waals surface area (Å²) in [6, 6.07) is 26.5. The number of aromatic nitrogens is 4. The molecule has 0 radical (unpaired) electrons. The number of rotatable bonds is 7. The molecule has 0 bridgehead atoms. The van der Waals surface area contributed by atoms with Gasteiger partial charge in [0.15, 0.2) is 5.82 Å². The van der Waals surface area contributed by atoms with E-state index in [1.54, 1.807) is 12.1 Å². The number of benzene rings is 3. The van der Waals surface area contributed by atoms with Gasteiger partial charge in [0.1, 0.15) is 5.82 Å². The number of aromatic amines is 1. The van der Waals surface area contributed by atoms with Crippen molar-refractivity contribution in [1.29, 1.82) is 0 Å². The Kier molecular flexibility index (Phi) is 5.31.